The summed E-state index contributed by atoms with van der Waals surface area (Å²) in [6.07, 6.45) is 5.57. The molecule has 0 spiro atoms. The largest absolute Gasteiger partial charge is 0.365 e. The van der Waals surface area contributed by atoms with E-state index in [0.29, 0.717) is 5.69 Å². The number of carbonyl (C=O) groups is 1. The monoisotopic (exact) mass is 397 g/mol. The number of aromatic nitrogens is 3. The highest BCUT2D eigenvalue weighted by atomic mass is 19.1. The summed E-state index contributed by atoms with van der Waals surface area (Å²) in [5, 5.41) is 11.3. The van der Waals surface area contributed by atoms with Gasteiger partial charge in [0.25, 0.3) is 5.91 Å². The number of amides is 1. The summed E-state index contributed by atoms with van der Waals surface area (Å²) in [5.74, 6) is -1.15. The fraction of sp³-hybridized carbons (Fsp3) is 0.350. The molecule has 1 aliphatic carbocycles. The highest BCUT2D eigenvalue weighted by Gasteiger charge is 2.24. The summed E-state index contributed by atoms with van der Waals surface area (Å²) in [5.41, 5.74) is 13.2. The first-order valence-electron chi connectivity index (χ1n) is 9.63. The number of halogens is 1. The van der Waals surface area contributed by atoms with Gasteiger partial charge in [0.15, 0.2) is 11.6 Å². The molecule has 0 saturated heterocycles. The van der Waals surface area contributed by atoms with Crippen LogP contribution in [0.4, 0.5) is 21.7 Å². The fourth-order valence-corrected chi connectivity index (χ4v) is 3.77. The number of nitrogens with zero attached hydrogens (tertiary/aromatic N) is 3. The van der Waals surface area contributed by atoms with Gasteiger partial charge in [-0.3, -0.25) is 9.48 Å². The molecule has 1 amide bonds. The van der Waals surface area contributed by atoms with Crippen LogP contribution in [0.3, 0.4) is 0 Å². The number of anilines is 3. The lowest BCUT2D eigenvalue weighted by Crippen LogP contribution is -2.43. The number of aryl methyl sites for hydroxylation is 1. The van der Waals surface area contributed by atoms with Crippen molar-refractivity contribution in [1.29, 1.82) is 0 Å². The summed E-state index contributed by atoms with van der Waals surface area (Å²) in [6.45, 7) is 0. The molecule has 1 aromatic carbocycles. The number of nitrogens with one attached hydrogen (secondary N) is 2. The van der Waals surface area contributed by atoms with E-state index >= 15 is 0 Å². The molecule has 152 valence electrons. The lowest BCUT2D eigenvalue weighted by atomic mass is 9.91. The SMILES string of the molecule is Cn1ncc2cc(Nc3nc(NC4CCCC[C@@H]4N)c(F)cc3C(N)=O)ccc21. The molecule has 3 aromatic rings. The van der Waals surface area contributed by atoms with Gasteiger partial charge in [0.1, 0.15) is 5.82 Å². The number of primary amides is 1. The van der Waals surface area contributed by atoms with Crippen molar-refractivity contribution < 1.29 is 9.18 Å². The lowest BCUT2D eigenvalue weighted by molar-refractivity contribution is 0.100. The van der Waals surface area contributed by atoms with Crippen molar-refractivity contribution in [1.82, 2.24) is 14.8 Å². The van der Waals surface area contributed by atoms with E-state index in [1.807, 2.05) is 25.2 Å². The zero-order valence-corrected chi connectivity index (χ0v) is 16.2. The summed E-state index contributed by atoms with van der Waals surface area (Å²) in [7, 11) is 1.86. The molecule has 1 aliphatic rings. The first-order chi connectivity index (χ1) is 13.9. The maximum atomic E-state index is 14.6. The standard InChI is InChI=1S/C20H24FN7O/c1-28-17-7-6-12(8-11(17)10-24-28)25-19-13(18(23)29)9-14(21)20(27-19)26-16-5-3-2-4-15(16)22/h6-10,15-16H,2-5,22H2,1H3,(H2,23,29)(H2,25,26,27)/t15-,16?/m0/s1. The van der Waals surface area contributed by atoms with Crippen LogP contribution in [0, 0.1) is 5.82 Å². The number of carbonyl (C=O) groups excluding carboxylic acids is 1. The van der Waals surface area contributed by atoms with Gasteiger partial charge in [0.2, 0.25) is 0 Å². The fourth-order valence-electron chi connectivity index (χ4n) is 3.77. The maximum Gasteiger partial charge on any atom is 0.252 e. The van der Waals surface area contributed by atoms with Crippen LogP contribution in [0.15, 0.2) is 30.5 Å². The highest BCUT2D eigenvalue weighted by Crippen LogP contribution is 2.28. The molecule has 29 heavy (non-hydrogen) atoms. The predicted molar refractivity (Wildman–Crippen MR) is 111 cm³/mol. The molecular weight excluding hydrogens is 373 g/mol. The maximum absolute atomic E-state index is 14.6. The number of benzene rings is 1. The van der Waals surface area contributed by atoms with Gasteiger partial charge >= 0.3 is 0 Å². The van der Waals surface area contributed by atoms with Crippen LogP contribution in [0.25, 0.3) is 10.9 Å². The molecule has 4 rings (SSSR count). The number of fused-ring (bicyclic) bond motifs is 1. The molecule has 2 heterocycles. The molecule has 1 unspecified atom stereocenters. The third kappa shape index (κ3) is 3.86. The van der Waals surface area contributed by atoms with Gasteiger partial charge in [-0.15, -0.1) is 0 Å². The molecule has 2 aromatic heterocycles. The van der Waals surface area contributed by atoms with E-state index in [1.54, 1.807) is 10.9 Å². The zero-order valence-electron chi connectivity index (χ0n) is 16.2. The van der Waals surface area contributed by atoms with Crippen molar-refractivity contribution in [2.24, 2.45) is 18.5 Å². The van der Waals surface area contributed by atoms with E-state index in [4.69, 9.17) is 11.5 Å². The number of hydrogen-bond acceptors (Lipinski definition) is 6. The van der Waals surface area contributed by atoms with Crippen LogP contribution in [-0.2, 0) is 7.05 Å². The first-order valence-corrected chi connectivity index (χ1v) is 9.63. The zero-order chi connectivity index (χ0) is 20.5. The van der Waals surface area contributed by atoms with Crippen molar-refractivity contribution >= 4 is 34.1 Å². The van der Waals surface area contributed by atoms with Crippen molar-refractivity contribution in [3.8, 4) is 0 Å². The summed E-state index contributed by atoms with van der Waals surface area (Å²) in [6, 6.07) is 6.59. The number of rotatable bonds is 5. The second-order valence-corrected chi connectivity index (χ2v) is 7.45. The summed E-state index contributed by atoms with van der Waals surface area (Å²) < 4.78 is 16.4. The van der Waals surface area contributed by atoms with Gasteiger partial charge in [-0.2, -0.15) is 5.10 Å². The predicted octanol–water partition coefficient (Wildman–Crippen LogP) is 2.63. The van der Waals surface area contributed by atoms with E-state index in [-0.39, 0.29) is 29.3 Å². The Bertz CT molecular complexity index is 1060. The van der Waals surface area contributed by atoms with Gasteiger partial charge in [-0.25, -0.2) is 9.37 Å². The van der Waals surface area contributed by atoms with E-state index in [1.165, 1.54) is 0 Å². The smallest absolute Gasteiger partial charge is 0.252 e. The molecule has 8 nitrogen and oxygen atoms in total. The molecule has 1 fully saturated rings. The van der Waals surface area contributed by atoms with Crippen molar-refractivity contribution in [2.45, 2.75) is 37.8 Å². The van der Waals surface area contributed by atoms with Gasteiger partial charge in [-0.05, 0) is 37.1 Å². The molecule has 1 saturated carbocycles. The van der Waals surface area contributed by atoms with E-state index < -0.39 is 11.7 Å². The van der Waals surface area contributed by atoms with Crippen LogP contribution >= 0.6 is 0 Å². The first kappa shape index (κ1) is 19.1. The summed E-state index contributed by atoms with van der Waals surface area (Å²) in [4.78, 5) is 16.2. The van der Waals surface area contributed by atoms with E-state index in [9.17, 15) is 9.18 Å². The molecule has 0 aliphatic heterocycles. The number of hydrogen-bond donors (Lipinski definition) is 4. The van der Waals surface area contributed by atoms with Crippen LogP contribution in [0.5, 0.6) is 0 Å². The average Bonchev–Trinajstić information content (AvgIpc) is 3.06. The number of pyridine rings is 1. The van der Waals surface area contributed by atoms with Crippen molar-refractivity contribution in [3.05, 3.63) is 41.8 Å². The molecule has 0 radical (unpaired) electrons. The van der Waals surface area contributed by atoms with Gasteiger partial charge in [-0.1, -0.05) is 12.8 Å². The Hall–Kier alpha value is -3.20. The van der Waals surface area contributed by atoms with Crippen LogP contribution in [0.1, 0.15) is 36.0 Å². The van der Waals surface area contributed by atoms with Crippen molar-refractivity contribution in [2.75, 3.05) is 10.6 Å². The minimum atomic E-state index is -0.762. The lowest BCUT2D eigenvalue weighted by Gasteiger charge is -2.30. The van der Waals surface area contributed by atoms with Gasteiger partial charge in [0.05, 0.1) is 17.3 Å². The van der Waals surface area contributed by atoms with Gasteiger partial charge < -0.3 is 22.1 Å². The van der Waals surface area contributed by atoms with Gasteiger partial charge in [0, 0.05) is 30.2 Å². The quantitative estimate of drug-likeness (QED) is 0.525. The normalized spacial score (nSPS) is 19.3. The third-order valence-electron chi connectivity index (χ3n) is 5.39. The van der Waals surface area contributed by atoms with E-state index in [2.05, 4.69) is 20.7 Å². The molecule has 0 bridgehead atoms. The third-order valence-corrected chi connectivity index (χ3v) is 5.39. The Morgan fingerprint density at radius 2 is 2.03 bits per heavy atom. The van der Waals surface area contributed by atoms with E-state index in [0.717, 1.165) is 42.7 Å². The molecule has 2 atom stereocenters. The average molecular weight is 397 g/mol. The Balaban J connectivity index is 1.67. The molecule has 6 N–H and O–H groups in total. The Morgan fingerprint density at radius 3 is 2.79 bits per heavy atom. The van der Waals surface area contributed by atoms with Crippen LogP contribution in [0.2, 0.25) is 0 Å². The Morgan fingerprint density at radius 1 is 1.24 bits per heavy atom. The van der Waals surface area contributed by atoms with Crippen molar-refractivity contribution in [3.63, 3.8) is 0 Å². The number of nitrogens with two attached hydrogens (primary N) is 2. The Labute approximate surface area is 167 Å². The molecule has 9 heteroatoms. The second-order valence-electron chi connectivity index (χ2n) is 7.45. The topological polar surface area (TPSA) is 124 Å². The highest BCUT2D eigenvalue weighted by molar-refractivity contribution is 5.99. The Kier molecular flexibility index (Phi) is 5.06. The minimum absolute atomic E-state index is 0.0210. The summed E-state index contributed by atoms with van der Waals surface area (Å²) >= 11 is 0. The second kappa shape index (κ2) is 7.67. The minimum Gasteiger partial charge on any atom is -0.365 e. The van der Waals surface area contributed by atoms with Crippen LogP contribution in [-0.4, -0.2) is 32.8 Å². The van der Waals surface area contributed by atoms with Crippen LogP contribution < -0.4 is 22.1 Å². The molecular formula is C20H24FN7O.